The summed E-state index contributed by atoms with van der Waals surface area (Å²) in [5, 5.41) is 28.9. The van der Waals surface area contributed by atoms with Gasteiger partial charge in [-0.05, 0) is 57.2 Å². The first-order valence-corrected chi connectivity index (χ1v) is 17.1. The summed E-state index contributed by atoms with van der Waals surface area (Å²) in [6.45, 7) is 7.11. The first-order chi connectivity index (χ1) is 22.2. The van der Waals surface area contributed by atoms with Gasteiger partial charge in [0.1, 0.15) is 17.3 Å². The minimum atomic E-state index is -1.19. The van der Waals surface area contributed by atoms with Gasteiger partial charge in [0, 0.05) is 37.9 Å². The number of carboxylic acid groups (broad SMARTS) is 1. The zero-order chi connectivity index (χ0) is 34.8. The monoisotopic (exact) mass is 673 g/mol. The lowest BCUT2D eigenvalue weighted by molar-refractivity contribution is -0.149. The normalized spacial score (nSPS) is 17.0. The molecule has 1 aliphatic carbocycles. The lowest BCUT2D eigenvalue weighted by atomic mass is 9.95. The van der Waals surface area contributed by atoms with E-state index in [1.165, 1.54) is 18.3 Å². The molecule has 3 rings (SSSR count). The van der Waals surface area contributed by atoms with Crippen LogP contribution in [0.1, 0.15) is 82.0 Å². The van der Waals surface area contributed by atoms with Gasteiger partial charge in [0.25, 0.3) is 0 Å². The van der Waals surface area contributed by atoms with Crippen LogP contribution in [-0.4, -0.2) is 94.6 Å². The number of aliphatic hydroxyl groups is 1. The SMILES string of the molecule is CC(=O)O[C@H](C[C@H](C(C)C)N(C)C(=O)[C@@H](NC(=O)CN(C)C)C1CC1)c1nc(C(O)N[C@@H](Cc2ccccc2)C[C@H](C)C(=O)O)cs1. The summed E-state index contributed by atoms with van der Waals surface area (Å²) in [6, 6.07) is 8.31. The fourth-order valence-electron chi connectivity index (χ4n) is 5.72. The number of amides is 2. The smallest absolute Gasteiger partial charge is 0.306 e. The second-order valence-corrected chi connectivity index (χ2v) is 14.1. The van der Waals surface area contributed by atoms with Crippen molar-refractivity contribution in [2.45, 2.75) is 90.3 Å². The molecule has 1 fully saturated rings. The lowest BCUT2D eigenvalue weighted by Crippen LogP contribution is -2.54. The van der Waals surface area contributed by atoms with Crippen molar-refractivity contribution in [1.29, 1.82) is 0 Å². The number of ether oxygens (including phenoxy) is 1. The highest BCUT2D eigenvalue weighted by Gasteiger charge is 2.41. The summed E-state index contributed by atoms with van der Waals surface area (Å²) in [5.41, 5.74) is 1.33. The first kappa shape index (κ1) is 38.1. The van der Waals surface area contributed by atoms with Crippen LogP contribution in [0.3, 0.4) is 0 Å². The molecule has 12 nitrogen and oxygen atoms in total. The van der Waals surface area contributed by atoms with Crippen LogP contribution in [-0.2, 0) is 30.3 Å². The van der Waals surface area contributed by atoms with Crippen LogP contribution < -0.4 is 10.6 Å². The Balaban J connectivity index is 1.78. The number of nitrogens with zero attached hydrogens (tertiary/aromatic N) is 3. The summed E-state index contributed by atoms with van der Waals surface area (Å²) >= 11 is 1.24. The van der Waals surface area contributed by atoms with E-state index in [1.807, 2.05) is 44.2 Å². The van der Waals surface area contributed by atoms with Crippen LogP contribution in [0.4, 0.5) is 0 Å². The fourth-order valence-corrected chi connectivity index (χ4v) is 6.59. The number of thiazole rings is 1. The number of aromatic nitrogens is 1. The van der Waals surface area contributed by atoms with Gasteiger partial charge in [0.05, 0.1) is 18.2 Å². The van der Waals surface area contributed by atoms with Crippen LogP contribution in [0, 0.1) is 17.8 Å². The van der Waals surface area contributed by atoms with E-state index in [0.29, 0.717) is 23.5 Å². The van der Waals surface area contributed by atoms with Gasteiger partial charge in [0.15, 0.2) is 6.10 Å². The van der Waals surface area contributed by atoms with Gasteiger partial charge < -0.3 is 30.1 Å². The molecule has 0 aliphatic heterocycles. The van der Waals surface area contributed by atoms with Crippen LogP contribution >= 0.6 is 11.3 Å². The Kier molecular flexibility index (Phi) is 14.3. The second kappa shape index (κ2) is 17.7. The molecule has 0 spiro atoms. The van der Waals surface area contributed by atoms with Crippen molar-refractivity contribution in [1.82, 2.24) is 25.4 Å². The van der Waals surface area contributed by atoms with E-state index in [1.54, 1.807) is 43.2 Å². The van der Waals surface area contributed by atoms with E-state index in [9.17, 15) is 29.4 Å². The molecule has 13 heteroatoms. The molecule has 1 heterocycles. The van der Waals surface area contributed by atoms with Crippen molar-refractivity contribution < 1.29 is 34.1 Å². The van der Waals surface area contributed by atoms with Crippen molar-refractivity contribution in [3.8, 4) is 0 Å². The summed E-state index contributed by atoms with van der Waals surface area (Å²) in [7, 11) is 5.31. The molecule has 4 N–H and O–H groups in total. The average Bonchev–Trinajstić information content (AvgIpc) is 3.71. The third-order valence-electron chi connectivity index (χ3n) is 8.39. The van der Waals surface area contributed by atoms with Crippen molar-refractivity contribution in [2.24, 2.45) is 17.8 Å². The minimum absolute atomic E-state index is 0.0130. The van der Waals surface area contributed by atoms with E-state index >= 15 is 0 Å². The number of aliphatic hydroxyl groups excluding tert-OH is 1. The Bertz CT molecular complexity index is 1330. The van der Waals surface area contributed by atoms with Crippen molar-refractivity contribution in [2.75, 3.05) is 27.7 Å². The second-order valence-electron chi connectivity index (χ2n) is 13.3. The summed E-state index contributed by atoms with van der Waals surface area (Å²) < 4.78 is 5.74. The van der Waals surface area contributed by atoms with Crippen molar-refractivity contribution in [3.05, 3.63) is 52.0 Å². The summed E-state index contributed by atoms with van der Waals surface area (Å²) in [5.74, 6) is -2.36. The quantitative estimate of drug-likeness (QED) is 0.129. The third kappa shape index (κ3) is 12.0. The molecule has 2 aromatic rings. The van der Waals surface area contributed by atoms with Crippen LogP contribution in [0.5, 0.6) is 0 Å². The molecule has 0 saturated heterocycles. The first-order valence-electron chi connectivity index (χ1n) is 16.2. The van der Waals surface area contributed by atoms with Crippen LogP contribution in [0.25, 0.3) is 0 Å². The minimum Gasteiger partial charge on any atom is -0.481 e. The van der Waals surface area contributed by atoms with E-state index in [0.717, 1.165) is 18.4 Å². The molecular formula is C34H51N5O7S. The third-order valence-corrected chi connectivity index (χ3v) is 9.34. The van der Waals surface area contributed by atoms with Gasteiger partial charge in [-0.3, -0.25) is 24.5 Å². The average molecular weight is 674 g/mol. The molecule has 260 valence electrons. The molecular weight excluding hydrogens is 622 g/mol. The van der Waals surface area contributed by atoms with E-state index in [-0.39, 0.29) is 48.7 Å². The number of aliphatic carboxylic acids is 1. The van der Waals surface area contributed by atoms with E-state index in [2.05, 4.69) is 15.6 Å². The maximum Gasteiger partial charge on any atom is 0.306 e. The Hall–Kier alpha value is -3.39. The number of esters is 1. The molecule has 1 aliphatic rings. The predicted molar refractivity (Wildman–Crippen MR) is 179 cm³/mol. The van der Waals surface area contributed by atoms with E-state index in [4.69, 9.17) is 4.74 Å². The number of carbonyl (C=O) groups excluding carboxylic acids is 3. The number of benzene rings is 1. The molecule has 1 unspecified atom stereocenters. The lowest BCUT2D eigenvalue weighted by Gasteiger charge is -2.35. The number of carboxylic acids is 1. The fraction of sp³-hybridized carbons (Fsp3) is 0.618. The largest absolute Gasteiger partial charge is 0.481 e. The highest BCUT2D eigenvalue weighted by Crippen LogP contribution is 2.35. The Morgan fingerprint density at radius 2 is 1.72 bits per heavy atom. The molecule has 47 heavy (non-hydrogen) atoms. The zero-order valence-corrected chi connectivity index (χ0v) is 29.3. The van der Waals surface area contributed by atoms with Crippen LogP contribution in [0.2, 0.25) is 0 Å². The molecule has 1 saturated carbocycles. The predicted octanol–water partition coefficient (Wildman–Crippen LogP) is 3.38. The maximum absolute atomic E-state index is 13.8. The Morgan fingerprint density at radius 3 is 2.28 bits per heavy atom. The molecule has 0 radical (unpaired) electrons. The molecule has 1 aromatic carbocycles. The maximum atomic E-state index is 13.8. The molecule has 2 amide bonds. The topological polar surface area (TPSA) is 161 Å². The highest BCUT2D eigenvalue weighted by atomic mass is 32.1. The van der Waals surface area contributed by atoms with Crippen molar-refractivity contribution >= 4 is 35.1 Å². The summed E-state index contributed by atoms with van der Waals surface area (Å²) in [6.07, 6.45) is 0.840. The van der Waals surface area contributed by atoms with Gasteiger partial charge in [-0.15, -0.1) is 11.3 Å². The number of hydrogen-bond donors (Lipinski definition) is 4. The Morgan fingerprint density at radius 1 is 1.06 bits per heavy atom. The molecule has 6 atom stereocenters. The van der Waals surface area contributed by atoms with Gasteiger partial charge in [-0.25, -0.2) is 4.98 Å². The molecule has 1 aromatic heterocycles. The van der Waals surface area contributed by atoms with Gasteiger partial charge in [-0.2, -0.15) is 0 Å². The number of carbonyl (C=O) groups is 4. The standard InChI is InChI=1S/C34H51N5O7S/c1-20(2)27(39(7)33(43)30(24-13-14-24)37-29(41)18-38(5)6)17-28(46-22(4)40)32-36-26(19-47-32)31(42)35-25(15-21(3)34(44)45)16-23-11-9-8-10-12-23/h8-12,19-21,24-25,27-28,30-31,35,42H,13-18H2,1-7H3,(H,37,41)(H,44,45)/t21-,25+,27+,28+,30-,31?/m0/s1. The zero-order valence-electron chi connectivity index (χ0n) is 28.5. The van der Waals surface area contributed by atoms with Crippen LogP contribution in [0.15, 0.2) is 35.7 Å². The van der Waals surface area contributed by atoms with Gasteiger partial charge in [-0.1, -0.05) is 51.1 Å². The van der Waals surface area contributed by atoms with Gasteiger partial charge >= 0.3 is 11.9 Å². The van der Waals surface area contributed by atoms with Crippen molar-refractivity contribution in [3.63, 3.8) is 0 Å². The number of likely N-dealkylation sites (N-methyl/N-ethyl adjacent to an activating group) is 2. The highest BCUT2D eigenvalue weighted by molar-refractivity contribution is 7.09. The van der Waals surface area contributed by atoms with E-state index < -0.39 is 36.2 Å². The Labute approximate surface area is 281 Å². The summed E-state index contributed by atoms with van der Waals surface area (Å²) in [4.78, 5) is 58.2. The molecule has 0 bridgehead atoms. The number of nitrogens with one attached hydrogen (secondary N) is 2. The number of hydrogen-bond acceptors (Lipinski definition) is 10. The van der Waals surface area contributed by atoms with Gasteiger partial charge in [0.2, 0.25) is 11.8 Å². The number of rotatable bonds is 19.